The Morgan fingerprint density at radius 2 is 0.803 bits per heavy atom. The predicted octanol–water partition coefficient (Wildman–Crippen LogP) is 18.1. The number of carbonyl (C=O) groups excluding carboxylic acids is 3. The molecule has 686 valence electrons. The smallest absolute Gasteiger partial charge is 0.410 e. The molecule has 3 saturated heterocycles. The fourth-order valence-electron chi connectivity index (χ4n) is 14.9. The molecule has 2 unspecified atom stereocenters. The lowest BCUT2D eigenvalue weighted by atomic mass is 10.1. The van der Waals surface area contributed by atoms with Gasteiger partial charge in [0.2, 0.25) is 16.7 Å². The van der Waals surface area contributed by atoms with Crippen molar-refractivity contribution < 1.29 is 38.1 Å². The predicted molar refractivity (Wildman–Crippen MR) is 523 cm³/mol. The van der Waals surface area contributed by atoms with Crippen LogP contribution in [0.3, 0.4) is 0 Å². The van der Waals surface area contributed by atoms with Crippen molar-refractivity contribution in [2.45, 2.75) is 164 Å². The van der Waals surface area contributed by atoms with Crippen LogP contribution in [0.1, 0.15) is 114 Å². The highest BCUT2D eigenvalue weighted by molar-refractivity contribution is 8.06. The molecule has 12 aromatic rings. The number of morpholine rings is 3. The molecule has 0 aliphatic carbocycles. The molecule has 18 rings (SSSR count). The van der Waals surface area contributed by atoms with Gasteiger partial charge in [-0.25, -0.2) is 39.5 Å². The third-order valence-corrected chi connectivity index (χ3v) is 29.0. The molecule has 29 nitrogen and oxygen atoms in total. The van der Waals surface area contributed by atoms with E-state index in [1.54, 1.807) is 136 Å². The number of carbonyl (C=O) groups is 3. The Morgan fingerprint density at radius 1 is 0.447 bits per heavy atom. The van der Waals surface area contributed by atoms with Crippen LogP contribution in [0.5, 0.6) is 0 Å². The molecule has 8 N–H and O–H groups in total. The average Bonchev–Trinajstić information content (AvgIpc) is 0.773. The van der Waals surface area contributed by atoms with Crippen molar-refractivity contribution >= 4 is 123 Å². The van der Waals surface area contributed by atoms with Crippen molar-refractivity contribution in [3.05, 3.63) is 248 Å². The zero-order valence-corrected chi connectivity index (χ0v) is 80.4. The van der Waals surface area contributed by atoms with Gasteiger partial charge in [0.25, 0.3) is 0 Å². The number of pyridine rings is 3. The minimum absolute atomic E-state index is 0.0319. The van der Waals surface area contributed by atoms with Crippen molar-refractivity contribution in [1.29, 1.82) is 0 Å². The van der Waals surface area contributed by atoms with E-state index < -0.39 is 23.4 Å². The third-order valence-electron chi connectivity index (χ3n) is 21.2. The summed E-state index contributed by atoms with van der Waals surface area (Å²) in [5, 5.41) is 10.2. The maximum absolute atomic E-state index is 12.7. The average molecular weight is 1890 g/mol. The van der Waals surface area contributed by atoms with Gasteiger partial charge >= 0.3 is 12.2 Å². The molecular weight excluding hydrogens is 1790 g/mol. The number of H-pyrrole nitrogens is 3. The molecule has 132 heavy (non-hydrogen) atoms. The van der Waals surface area contributed by atoms with Gasteiger partial charge in [-0.1, -0.05) is 107 Å². The van der Waals surface area contributed by atoms with Crippen molar-refractivity contribution in [2.24, 2.45) is 0 Å². The van der Waals surface area contributed by atoms with E-state index in [9.17, 15) is 28.8 Å². The summed E-state index contributed by atoms with van der Waals surface area (Å²) in [4.78, 5) is 132. The molecule has 0 radical (unpaired) electrons. The van der Waals surface area contributed by atoms with Crippen LogP contribution < -0.4 is 53.1 Å². The first-order valence-corrected chi connectivity index (χ1v) is 48.2. The number of amides is 2. The van der Waals surface area contributed by atoms with Gasteiger partial charge in [0.15, 0.2) is 11.6 Å². The lowest BCUT2D eigenvalue weighted by Gasteiger charge is -2.29. The molecule has 0 saturated carbocycles. The van der Waals surface area contributed by atoms with Crippen molar-refractivity contribution in [3.63, 3.8) is 0 Å². The first-order valence-electron chi connectivity index (χ1n) is 43.3. The number of nitrogens with zero attached hydrogens (tertiary/aromatic N) is 11. The number of aromatic nitrogens is 9. The SMILES string of the molecule is CC(=O)c1nccc(CN(C)C(=O)OC(C)(C)C)n1.CC(Nc1ccc2c(c1)Sc1cccc(-c3cc(N4CCOCC4)cc(=O)[nH]3)c1S2)c1nccc(CN(C)C(=O)OC(C)(C)C)n1.CNCc1ccnc(C(C)Nc2ccc3c(c2)Sc2cccc(-c4cc(N5CCOCC5)cc(=O)[nH]4)c2S3)n1.Nc1ccc2c(c1)Sc1cccc(-c3cc(N4CCOCC4)cc(=O)[nH]3)c1S2. The first kappa shape index (κ1) is 95.0. The maximum Gasteiger partial charge on any atom is 0.410 e. The van der Waals surface area contributed by atoms with Crippen LogP contribution in [-0.2, 0) is 43.3 Å². The number of fused-ring (bicyclic) bond motifs is 6. The number of anilines is 6. The molecule has 6 aromatic carbocycles. The lowest BCUT2D eigenvalue weighted by Crippen LogP contribution is -2.36. The van der Waals surface area contributed by atoms with E-state index in [0.717, 1.165) is 149 Å². The Hall–Kier alpha value is -11.6. The van der Waals surface area contributed by atoms with Gasteiger partial charge in [-0.3, -0.25) is 19.2 Å². The fraction of sp³-hybridized carbons (Fsp3) is 0.320. The molecule has 2 amide bonds. The standard InChI is InChI=1S/C34H38N6O4S2.C29H30N6O2S2.C21H19N3O2S2.C13H19N3O3/c1-21(32-35-12-11-23(37-32)20-39(5)33(42)44-34(2,3)4)36-22-9-10-27-29(17-22)45-28-8-6-7-25(31(28)46-27)26-18-24(19-30(41)38-26)40-13-15-43-16-14-40;1-18(29-31-9-8-20(33-29)17-30-2)32-19-6-7-24-26(14-19)38-25-5-3-4-22(28(25)39-24)23-15-21(16-27(36)34-23)35-10-12-37-13-11-35;22-13-4-5-17-19(10-13)27-18-3-1-2-15(21(18)28-17)16-11-14(12-20(25)23-16)24-6-8-26-9-7-24;1-9(17)11-14-7-6-10(15-11)8-16(5)12(18)19-13(2,3)4/h6-12,17-19,21,36H,13-16,20H2,1-5H3,(H,38,41);3-9,14-16,18,30,32H,10-13,17H2,1-2H3,(H,34,36);1-5,10-12H,6-9,22H2,(H,23,25);6-7H,8H2,1-5H3. The molecule has 0 bridgehead atoms. The molecule has 2 atom stereocenters. The van der Waals surface area contributed by atoms with E-state index in [1.165, 1.54) is 57.2 Å². The van der Waals surface area contributed by atoms with Crippen LogP contribution in [0, 0.1) is 0 Å². The molecule has 12 heterocycles. The van der Waals surface area contributed by atoms with Gasteiger partial charge in [-0.15, -0.1) is 0 Å². The number of nitrogens with two attached hydrogens (primary N) is 1. The van der Waals surface area contributed by atoms with Gasteiger partial charge < -0.3 is 84.8 Å². The quantitative estimate of drug-likeness (QED) is 0.0292. The van der Waals surface area contributed by atoms with Crippen LogP contribution in [0.15, 0.2) is 256 Å². The normalized spacial score (nSPS) is 14.7. The van der Waals surface area contributed by atoms with Gasteiger partial charge in [0, 0.05) is 213 Å². The van der Waals surface area contributed by atoms with Crippen LogP contribution in [0.2, 0.25) is 0 Å². The van der Waals surface area contributed by atoms with E-state index in [-0.39, 0.29) is 46.9 Å². The molecule has 3 fully saturated rings. The minimum Gasteiger partial charge on any atom is -0.444 e. The van der Waals surface area contributed by atoms with E-state index in [1.807, 2.05) is 77.3 Å². The number of hydrogen-bond donors (Lipinski definition) is 7. The van der Waals surface area contributed by atoms with Gasteiger partial charge in [0.1, 0.15) is 22.9 Å². The number of benzene rings is 6. The largest absolute Gasteiger partial charge is 0.444 e. The van der Waals surface area contributed by atoms with E-state index in [4.69, 9.17) is 34.4 Å². The third kappa shape index (κ3) is 24.8. The summed E-state index contributed by atoms with van der Waals surface area (Å²) in [5.41, 5.74) is 18.0. The zero-order chi connectivity index (χ0) is 92.9. The van der Waals surface area contributed by atoms with Crippen LogP contribution in [0.25, 0.3) is 33.8 Å². The molecule has 6 aromatic heterocycles. The summed E-state index contributed by atoms with van der Waals surface area (Å²) < 4.78 is 27.1. The summed E-state index contributed by atoms with van der Waals surface area (Å²) in [6, 6.07) is 54.0. The van der Waals surface area contributed by atoms with Crippen molar-refractivity contribution in [1.82, 2.24) is 60.0 Å². The van der Waals surface area contributed by atoms with Crippen LogP contribution >= 0.6 is 70.6 Å². The molecule has 0 spiro atoms. The molecule has 6 aliphatic heterocycles. The molecular formula is C97H106N18O11S6. The Kier molecular flexibility index (Phi) is 30.9. The Bertz CT molecular complexity index is 6390. The number of Topliss-reactive ketones (excluding diaryl/α,β-unsaturated/α-hetero) is 1. The van der Waals surface area contributed by atoms with Crippen LogP contribution in [-0.4, -0.2) is 184 Å². The number of nitrogens with one attached hydrogen (secondary N) is 6. The monoisotopic (exact) mass is 1890 g/mol. The number of aromatic amines is 3. The molecule has 6 aliphatic rings. The summed E-state index contributed by atoms with van der Waals surface area (Å²) in [5.74, 6) is 1.35. The number of hydrogen-bond acceptors (Lipinski definition) is 30. The topological polar surface area (TPSA) is 352 Å². The van der Waals surface area contributed by atoms with Gasteiger partial charge in [-0.05, 0) is 172 Å². The number of ether oxygens (including phenoxy) is 5. The van der Waals surface area contributed by atoms with Crippen molar-refractivity contribution in [2.75, 3.05) is 131 Å². The van der Waals surface area contributed by atoms with E-state index in [0.29, 0.717) is 64.2 Å². The lowest BCUT2D eigenvalue weighted by molar-refractivity contribution is 0.0273. The summed E-state index contributed by atoms with van der Waals surface area (Å²) >= 11 is 10.4. The first-order chi connectivity index (χ1) is 63.4. The van der Waals surface area contributed by atoms with Crippen LogP contribution in [0.4, 0.5) is 43.7 Å². The van der Waals surface area contributed by atoms with Gasteiger partial charge in [0.05, 0.1) is 99.0 Å². The maximum atomic E-state index is 12.7. The second-order valence-electron chi connectivity index (χ2n) is 33.9. The highest BCUT2D eigenvalue weighted by Crippen LogP contribution is 2.55. The highest BCUT2D eigenvalue weighted by Gasteiger charge is 2.30. The highest BCUT2D eigenvalue weighted by atomic mass is 32.2. The summed E-state index contributed by atoms with van der Waals surface area (Å²) in [6.45, 7) is 26.5. The summed E-state index contributed by atoms with van der Waals surface area (Å²) in [6.07, 6.45) is 4.20. The molecule has 35 heteroatoms. The fourth-order valence-corrected chi connectivity index (χ4v) is 22.1. The minimum atomic E-state index is -0.563. The second-order valence-corrected chi connectivity index (χ2v) is 40.3. The second kappa shape index (κ2) is 42.9. The zero-order valence-electron chi connectivity index (χ0n) is 75.5. The van der Waals surface area contributed by atoms with Crippen molar-refractivity contribution in [3.8, 4) is 33.8 Å². The van der Waals surface area contributed by atoms with E-state index in [2.05, 4.69) is 181 Å². The number of ketones is 1. The number of rotatable bonds is 19. The number of nitrogen functional groups attached to an aromatic ring is 1. The Balaban J connectivity index is 0.000000141. The summed E-state index contributed by atoms with van der Waals surface area (Å²) in [7, 11) is 5.22. The Morgan fingerprint density at radius 3 is 1.18 bits per heavy atom. The van der Waals surface area contributed by atoms with E-state index >= 15 is 0 Å². The Labute approximate surface area is 791 Å². The van der Waals surface area contributed by atoms with Gasteiger partial charge in [-0.2, -0.15) is 0 Å².